The molecule has 162 valence electrons. The van der Waals surface area contributed by atoms with Crippen LogP contribution in [0.5, 0.6) is 0 Å². The summed E-state index contributed by atoms with van der Waals surface area (Å²) in [6.45, 7) is 0.216. The highest BCUT2D eigenvalue weighted by atomic mass is 32.1. The van der Waals surface area contributed by atoms with E-state index >= 15 is 0 Å². The molecule has 2 amide bonds. The second-order valence-corrected chi connectivity index (χ2v) is 8.29. The molecule has 2 aromatic rings. The first kappa shape index (κ1) is 22.3. The van der Waals surface area contributed by atoms with E-state index in [0.717, 1.165) is 5.56 Å². The normalized spacial score (nSPS) is 17.4. The van der Waals surface area contributed by atoms with E-state index in [1.165, 1.54) is 16.2 Å². The molecule has 1 aliphatic heterocycles. The number of hydrogen-bond acceptors (Lipinski definition) is 4. The summed E-state index contributed by atoms with van der Waals surface area (Å²) in [5, 5.41) is 14.0. The van der Waals surface area contributed by atoms with E-state index in [2.05, 4.69) is 5.32 Å². The van der Waals surface area contributed by atoms with E-state index in [9.17, 15) is 27.9 Å². The van der Waals surface area contributed by atoms with Gasteiger partial charge in [0.05, 0.1) is 4.88 Å². The molecule has 1 aliphatic rings. The van der Waals surface area contributed by atoms with Gasteiger partial charge in [0, 0.05) is 19.5 Å². The third kappa shape index (κ3) is 5.60. The molecule has 5 nitrogen and oxygen atoms in total. The SMILES string of the molecule is O=C(N[C@@H](Cc1ccccc1)C(=O)N1CCC([C@@H](O)C(F)(F)F)CC1)c1cccs1. The number of piperidine rings is 1. The Balaban J connectivity index is 1.68. The van der Waals surface area contributed by atoms with Gasteiger partial charge in [-0.05, 0) is 35.8 Å². The lowest BCUT2D eigenvalue weighted by molar-refractivity contribution is -0.223. The van der Waals surface area contributed by atoms with Gasteiger partial charge >= 0.3 is 6.18 Å². The van der Waals surface area contributed by atoms with Gasteiger partial charge in [0.2, 0.25) is 5.91 Å². The number of alkyl halides is 3. The molecular weight excluding hydrogens is 417 g/mol. The van der Waals surface area contributed by atoms with Crippen LogP contribution in [0.15, 0.2) is 47.8 Å². The van der Waals surface area contributed by atoms with Crippen molar-refractivity contribution in [3.05, 3.63) is 58.3 Å². The van der Waals surface area contributed by atoms with Crippen LogP contribution in [0.4, 0.5) is 13.2 Å². The number of nitrogens with zero attached hydrogens (tertiary/aromatic N) is 1. The molecule has 3 rings (SSSR count). The number of amides is 2. The average Bonchev–Trinajstić information content (AvgIpc) is 3.27. The molecule has 2 atom stereocenters. The average molecular weight is 440 g/mol. The van der Waals surface area contributed by atoms with Gasteiger partial charge in [0.25, 0.3) is 5.91 Å². The fourth-order valence-electron chi connectivity index (χ4n) is 3.61. The summed E-state index contributed by atoms with van der Waals surface area (Å²) in [7, 11) is 0. The number of nitrogens with one attached hydrogen (secondary N) is 1. The van der Waals surface area contributed by atoms with Gasteiger partial charge < -0.3 is 15.3 Å². The number of rotatable bonds is 6. The maximum Gasteiger partial charge on any atom is 0.414 e. The molecule has 1 fully saturated rings. The van der Waals surface area contributed by atoms with Gasteiger partial charge in [-0.1, -0.05) is 36.4 Å². The number of halogens is 3. The van der Waals surface area contributed by atoms with E-state index in [-0.39, 0.29) is 44.2 Å². The number of thiophene rings is 1. The first-order valence-corrected chi connectivity index (χ1v) is 10.6. The van der Waals surface area contributed by atoms with Crippen molar-refractivity contribution >= 4 is 23.2 Å². The monoisotopic (exact) mass is 440 g/mol. The fourth-order valence-corrected chi connectivity index (χ4v) is 4.24. The zero-order valence-corrected chi connectivity index (χ0v) is 17.0. The molecule has 2 N–H and O–H groups in total. The Labute approximate surface area is 176 Å². The zero-order chi connectivity index (χ0) is 21.7. The summed E-state index contributed by atoms with van der Waals surface area (Å²) in [6.07, 6.45) is -6.65. The van der Waals surface area contributed by atoms with Crippen LogP contribution in [0.1, 0.15) is 28.1 Å². The second kappa shape index (κ2) is 9.61. The molecule has 0 bridgehead atoms. The number of benzene rings is 1. The molecule has 1 aromatic heterocycles. The van der Waals surface area contributed by atoms with Crippen molar-refractivity contribution in [3.8, 4) is 0 Å². The van der Waals surface area contributed by atoms with Crippen molar-refractivity contribution in [3.63, 3.8) is 0 Å². The number of likely N-dealkylation sites (tertiary alicyclic amines) is 1. The number of carbonyl (C=O) groups is 2. The molecule has 30 heavy (non-hydrogen) atoms. The standard InChI is InChI=1S/C21H23F3N2O3S/c22-21(23,24)18(27)15-8-10-26(11-9-15)20(29)16(13-14-5-2-1-3-6-14)25-19(28)17-7-4-12-30-17/h1-7,12,15-16,18,27H,8-11,13H2,(H,25,28)/t16-,18+/m0/s1. The smallest absolute Gasteiger partial charge is 0.383 e. The van der Waals surface area contributed by atoms with E-state index < -0.39 is 24.2 Å². The summed E-state index contributed by atoms with van der Waals surface area (Å²) >= 11 is 1.26. The van der Waals surface area contributed by atoms with Crippen molar-refractivity contribution in [2.75, 3.05) is 13.1 Å². The Morgan fingerprint density at radius 1 is 1.13 bits per heavy atom. The first-order valence-electron chi connectivity index (χ1n) is 9.67. The lowest BCUT2D eigenvalue weighted by Crippen LogP contribution is -2.53. The molecule has 0 unspecified atom stereocenters. The lowest BCUT2D eigenvalue weighted by Gasteiger charge is -2.36. The van der Waals surface area contributed by atoms with Crippen LogP contribution < -0.4 is 5.32 Å². The topological polar surface area (TPSA) is 69.6 Å². The molecule has 0 spiro atoms. The maximum absolute atomic E-state index is 13.1. The Bertz CT molecular complexity index is 835. The minimum atomic E-state index is -4.67. The molecule has 0 saturated carbocycles. The quantitative estimate of drug-likeness (QED) is 0.725. The minimum absolute atomic E-state index is 0.0589. The van der Waals surface area contributed by atoms with Crippen LogP contribution in [0.2, 0.25) is 0 Å². The largest absolute Gasteiger partial charge is 0.414 e. The highest BCUT2D eigenvalue weighted by molar-refractivity contribution is 7.12. The van der Waals surface area contributed by atoms with Crippen molar-refractivity contribution in [2.24, 2.45) is 5.92 Å². The molecule has 1 saturated heterocycles. The summed E-state index contributed by atoms with van der Waals surface area (Å²) in [5.41, 5.74) is 0.865. The minimum Gasteiger partial charge on any atom is -0.383 e. The summed E-state index contributed by atoms with van der Waals surface area (Å²) in [6, 6.07) is 11.8. The summed E-state index contributed by atoms with van der Waals surface area (Å²) in [4.78, 5) is 27.6. The zero-order valence-electron chi connectivity index (χ0n) is 16.1. The number of aliphatic hydroxyl groups is 1. The number of aliphatic hydroxyl groups excluding tert-OH is 1. The van der Waals surface area contributed by atoms with Crippen LogP contribution in [-0.2, 0) is 11.2 Å². The van der Waals surface area contributed by atoms with Crippen LogP contribution >= 0.6 is 11.3 Å². The van der Waals surface area contributed by atoms with Gasteiger partial charge in [-0.15, -0.1) is 11.3 Å². The predicted octanol–water partition coefficient (Wildman–Crippen LogP) is 3.25. The van der Waals surface area contributed by atoms with E-state index in [4.69, 9.17) is 0 Å². The van der Waals surface area contributed by atoms with Crippen LogP contribution in [-0.4, -0.2) is 53.2 Å². The van der Waals surface area contributed by atoms with Crippen molar-refractivity contribution in [1.82, 2.24) is 10.2 Å². The molecule has 1 aromatic carbocycles. The summed E-state index contributed by atoms with van der Waals surface area (Å²) < 4.78 is 38.3. The number of carbonyl (C=O) groups excluding carboxylic acids is 2. The van der Waals surface area contributed by atoms with Crippen molar-refractivity contribution < 1.29 is 27.9 Å². The van der Waals surface area contributed by atoms with Crippen LogP contribution in [0.25, 0.3) is 0 Å². The van der Waals surface area contributed by atoms with Crippen LogP contribution in [0, 0.1) is 5.92 Å². The lowest BCUT2D eigenvalue weighted by atomic mass is 9.90. The Kier molecular flexibility index (Phi) is 7.14. The van der Waals surface area contributed by atoms with E-state index in [1.54, 1.807) is 17.5 Å². The van der Waals surface area contributed by atoms with E-state index in [1.807, 2.05) is 30.3 Å². The van der Waals surface area contributed by atoms with Gasteiger partial charge in [-0.3, -0.25) is 9.59 Å². The van der Waals surface area contributed by atoms with Gasteiger partial charge in [0.15, 0.2) is 6.10 Å². The van der Waals surface area contributed by atoms with Crippen LogP contribution in [0.3, 0.4) is 0 Å². The number of hydrogen-bond donors (Lipinski definition) is 2. The highest BCUT2D eigenvalue weighted by Gasteiger charge is 2.44. The molecule has 9 heteroatoms. The molecule has 2 heterocycles. The first-order chi connectivity index (χ1) is 14.3. The van der Waals surface area contributed by atoms with Gasteiger partial charge in [-0.2, -0.15) is 13.2 Å². The highest BCUT2D eigenvalue weighted by Crippen LogP contribution is 2.31. The molecule has 0 radical (unpaired) electrons. The van der Waals surface area contributed by atoms with Gasteiger partial charge in [0.1, 0.15) is 6.04 Å². The van der Waals surface area contributed by atoms with E-state index in [0.29, 0.717) is 4.88 Å². The Morgan fingerprint density at radius 3 is 2.37 bits per heavy atom. The van der Waals surface area contributed by atoms with Crippen molar-refractivity contribution in [1.29, 1.82) is 0 Å². The Hall–Kier alpha value is -2.39. The third-order valence-corrected chi connectivity index (χ3v) is 6.13. The second-order valence-electron chi connectivity index (χ2n) is 7.34. The molecular formula is C21H23F3N2O3S. The Morgan fingerprint density at radius 2 is 1.80 bits per heavy atom. The predicted molar refractivity (Wildman–Crippen MR) is 107 cm³/mol. The van der Waals surface area contributed by atoms with Crippen molar-refractivity contribution in [2.45, 2.75) is 37.6 Å². The molecule has 0 aliphatic carbocycles. The van der Waals surface area contributed by atoms with Gasteiger partial charge in [-0.25, -0.2) is 0 Å². The third-order valence-electron chi connectivity index (χ3n) is 5.26. The summed E-state index contributed by atoms with van der Waals surface area (Å²) in [5.74, 6) is -1.62. The fraction of sp³-hybridized carbons (Fsp3) is 0.429. The maximum atomic E-state index is 13.1.